The predicted molar refractivity (Wildman–Crippen MR) is 120 cm³/mol. The molecular weight excluding hydrogens is 390 g/mol. The van der Waals surface area contributed by atoms with Gasteiger partial charge in [-0.2, -0.15) is 5.10 Å². The molecule has 8 heteroatoms. The Morgan fingerprint density at radius 2 is 1.74 bits per heavy atom. The number of hydrogen-bond acceptors (Lipinski definition) is 7. The maximum absolute atomic E-state index is 6.23. The van der Waals surface area contributed by atoms with E-state index in [9.17, 15) is 0 Å². The molecular formula is C23H29N7O. The Morgan fingerprint density at radius 3 is 2.42 bits per heavy atom. The highest BCUT2D eigenvalue weighted by Crippen LogP contribution is 2.38. The van der Waals surface area contributed by atoms with Gasteiger partial charge >= 0.3 is 0 Å². The zero-order chi connectivity index (χ0) is 21.6. The molecule has 4 N–H and O–H groups in total. The van der Waals surface area contributed by atoms with Gasteiger partial charge in [0.2, 0.25) is 5.88 Å². The van der Waals surface area contributed by atoms with Crippen molar-refractivity contribution in [3.8, 4) is 28.3 Å². The second-order valence-electron chi connectivity index (χ2n) is 9.78. The van der Waals surface area contributed by atoms with Gasteiger partial charge in [-0.3, -0.25) is 5.10 Å². The number of ether oxygens (including phenoxy) is 1. The van der Waals surface area contributed by atoms with Gasteiger partial charge in [-0.1, -0.05) is 6.07 Å². The van der Waals surface area contributed by atoms with Gasteiger partial charge in [-0.15, -0.1) is 10.2 Å². The van der Waals surface area contributed by atoms with E-state index >= 15 is 0 Å². The molecule has 2 aliphatic heterocycles. The van der Waals surface area contributed by atoms with Crippen LogP contribution in [0.5, 0.6) is 5.88 Å². The molecule has 1 saturated heterocycles. The van der Waals surface area contributed by atoms with Crippen LogP contribution in [0.1, 0.15) is 46.1 Å². The zero-order valence-electron chi connectivity index (χ0n) is 18.4. The van der Waals surface area contributed by atoms with Crippen LogP contribution < -0.4 is 20.9 Å². The number of hydrogen-bond donors (Lipinski definition) is 4. The molecule has 1 aromatic carbocycles. The maximum Gasteiger partial charge on any atom is 0.233 e. The van der Waals surface area contributed by atoms with Gasteiger partial charge in [-0.05, 0) is 45.4 Å². The number of aromatic amines is 1. The first-order valence-electron chi connectivity index (χ1n) is 10.7. The Labute approximate surface area is 182 Å². The normalized spacial score (nSPS) is 19.6. The van der Waals surface area contributed by atoms with Crippen LogP contribution in [-0.4, -0.2) is 37.6 Å². The van der Waals surface area contributed by atoms with Gasteiger partial charge in [0.1, 0.15) is 6.10 Å². The summed E-state index contributed by atoms with van der Waals surface area (Å²) in [6.07, 6.45) is 5.71. The summed E-state index contributed by atoms with van der Waals surface area (Å²) in [6, 6.07) is 8.08. The van der Waals surface area contributed by atoms with Crippen molar-refractivity contribution in [3.05, 3.63) is 42.2 Å². The van der Waals surface area contributed by atoms with Crippen LogP contribution in [0.25, 0.3) is 22.4 Å². The first-order chi connectivity index (χ1) is 14.8. The summed E-state index contributed by atoms with van der Waals surface area (Å²) < 4.78 is 6.23. The Kier molecular flexibility index (Phi) is 4.71. The van der Waals surface area contributed by atoms with E-state index in [1.807, 2.05) is 24.5 Å². The number of piperidine rings is 1. The van der Waals surface area contributed by atoms with Crippen LogP contribution in [0, 0.1) is 0 Å². The van der Waals surface area contributed by atoms with Crippen molar-refractivity contribution in [2.75, 3.05) is 5.43 Å². The molecule has 0 saturated carbocycles. The number of nitrogens with one attached hydrogen (secondary N) is 4. The van der Waals surface area contributed by atoms with E-state index in [1.165, 1.54) is 5.56 Å². The molecule has 31 heavy (non-hydrogen) atoms. The van der Waals surface area contributed by atoms with Crippen LogP contribution in [0.4, 0.5) is 5.69 Å². The summed E-state index contributed by atoms with van der Waals surface area (Å²) in [4.78, 5) is 0. The van der Waals surface area contributed by atoms with Crippen molar-refractivity contribution in [2.24, 2.45) is 0 Å². The number of rotatable bonds is 4. The van der Waals surface area contributed by atoms with Crippen molar-refractivity contribution < 1.29 is 4.74 Å². The second kappa shape index (κ2) is 7.32. The number of fused-ring (bicyclic) bond motifs is 1. The van der Waals surface area contributed by atoms with E-state index in [0.29, 0.717) is 5.88 Å². The number of benzene rings is 1. The minimum Gasteiger partial charge on any atom is -0.473 e. The molecule has 8 nitrogen and oxygen atoms in total. The molecule has 2 aromatic heterocycles. The third kappa shape index (κ3) is 4.00. The van der Waals surface area contributed by atoms with E-state index in [1.54, 1.807) is 0 Å². The molecule has 0 amide bonds. The van der Waals surface area contributed by atoms with Crippen LogP contribution in [-0.2, 0) is 6.54 Å². The smallest absolute Gasteiger partial charge is 0.233 e. The summed E-state index contributed by atoms with van der Waals surface area (Å²) >= 11 is 0. The molecule has 0 aliphatic carbocycles. The maximum atomic E-state index is 6.23. The monoisotopic (exact) mass is 419 g/mol. The largest absolute Gasteiger partial charge is 0.473 e. The number of nitrogens with zero attached hydrogens (tertiary/aromatic N) is 3. The summed E-state index contributed by atoms with van der Waals surface area (Å²) in [6.45, 7) is 9.60. The van der Waals surface area contributed by atoms with E-state index in [-0.39, 0.29) is 17.2 Å². The van der Waals surface area contributed by atoms with Crippen LogP contribution in [0.15, 0.2) is 36.7 Å². The van der Waals surface area contributed by atoms with Crippen molar-refractivity contribution in [1.82, 2.24) is 31.1 Å². The molecule has 5 rings (SSSR count). The molecule has 0 spiro atoms. The first-order valence-corrected chi connectivity index (χ1v) is 10.7. The lowest BCUT2D eigenvalue weighted by Gasteiger charge is -2.46. The van der Waals surface area contributed by atoms with Gasteiger partial charge in [0.05, 0.1) is 17.6 Å². The highest BCUT2D eigenvalue weighted by atomic mass is 16.5. The number of aromatic nitrogens is 4. The van der Waals surface area contributed by atoms with Crippen molar-refractivity contribution in [1.29, 1.82) is 0 Å². The van der Waals surface area contributed by atoms with E-state index in [0.717, 1.165) is 47.5 Å². The molecule has 0 bridgehead atoms. The Morgan fingerprint density at radius 1 is 0.968 bits per heavy atom. The first kappa shape index (κ1) is 20.0. The summed E-state index contributed by atoms with van der Waals surface area (Å²) in [5.74, 6) is 0.569. The average molecular weight is 420 g/mol. The molecule has 0 radical (unpaired) electrons. The summed E-state index contributed by atoms with van der Waals surface area (Å²) in [5, 5.41) is 19.5. The van der Waals surface area contributed by atoms with E-state index < -0.39 is 0 Å². The quantitative estimate of drug-likeness (QED) is 0.512. The standard InChI is InChI=1S/C23H29N7O/c1-22(2)9-15(10-23(3,4)30-22)31-20-8-7-19(27-28-20)17-6-5-16(14-11-24-25-12-14)18-13-26-29-21(17)18/h5-8,11-12,15,26,29-30H,9-10,13H2,1-4H3,(H,24,25). The number of anilines is 1. The number of H-pyrrole nitrogens is 1. The fourth-order valence-corrected chi connectivity index (χ4v) is 5.09. The van der Waals surface area contributed by atoms with Gasteiger partial charge in [0.25, 0.3) is 0 Å². The van der Waals surface area contributed by atoms with Crippen LogP contribution in [0.2, 0.25) is 0 Å². The van der Waals surface area contributed by atoms with Gasteiger partial charge in [-0.25, -0.2) is 5.43 Å². The minimum absolute atomic E-state index is 0.0236. The highest BCUT2D eigenvalue weighted by molar-refractivity contribution is 5.86. The average Bonchev–Trinajstić information content (AvgIpc) is 3.38. The van der Waals surface area contributed by atoms with Crippen molar-refractivity contribution >= 4 is 5.69 Å². The second-order valence-corrected chi connectivity index (χ2v) is 9.78. The van der Waals surface area contributed by atoms with Crippen LogP contribution in [0.3, 0.4) is 0 Å². The fourth-order valence-electron chi connectivity index (χ4n) is 5.09. The molecule has 0 unspecified atom stereocenters. The Bertz CT molecular complexity index is 1060. The Hall–Kier alpha value is -2.97. The van der Waals surface area contributed by atoms with E-state index in [4.69, 9.17) is 4.74 Å². The van der Waals surface area contributed by atoms with Gasteiger partial charge < -0.3 is 15.5 Å². The molecule has 0 atom stereocenters. The van der Waals surface area contributed by atoms with Gasteiger partial charge in [0, 0.05) is 59.4 Å². The molecule has 4 heterocycles. The minimum atomic E-state index is 0.0236. The van der Waals surface area contributed by atoms with Crippen LogP contribution >= 0.6 is 0 Å². The summed E-state index contributed by atoms with van der Waals surface area (Å²) in [5.41, 5.74) is 12.8. The molecule has 2 aliphatic rings. The molecule has 3 aromatic rings. The summed E-state index contributed by atoms with van der Waals surface area (Å²) in [7, 11) is 0. The predicted octanol–water partition coefficient (Wildman–Crippen LogP) is 3.65. The van der Waals surface area contributed by atoms with E-state index in [2.05, 4.69) is 76.4 Å². The fraction of sp³-hybridized carbons (Fsp3) is 0.435. The highest BCUT2D eigenvalue weighted by Gasteiger charge is 2.38. The SMILES string of the molecule is CC1(C)CC(Oc2ccc(-c3ccc(-c4cn[nH]c4)c4c3NNC4)nn2)CC(C)(C)N1. The third-order valence-electron chi connectivity index (χ3n) is 5.96. The lowest BCUT2D eigenvalue weighted by atomic mass is 9.81. The van der Waals surface area contributed by atoms with Crippen molar-refractivity contribution in [3.63, 3.8) is 0 Å². The zero-order valence-corrected chi connectivity index (χ0v) is 18.4. The van der Waals surface area contributed by atoms with Gasteiger partial charge in [0.15, 0.2) is 0 Å². The third-order valence-corrected chi connectivity index (χ3v) is 5.96. The lowest BCUT2D eigenvalue weighted by molar-refractivity contribution is 0.0524. The molecule has 1 fully saturated rings. The van der Waals surface area contributed by atoms with Crippen molar-refractivity contribution in [2.45, 2.75) is 64.3 Å². The lowest BCUT2D eigenvalue weighted by Crippen LogP contribution is -2.60. The molecule has 162 valence electrons. The topological polar surface area (TPSA) is 99.8 Å². The Balaban J connectivity index is 1.38. The number of hydrazine groups is 1.